The van der Waals surface area contributed by atoms with Gasteiger partial charge in [-0.25, -0.2) is 0 Å². The lowest BCUT2D eigenvalue weighted by atomic mass is 9.82. The molecule has 0 bridgehead atoms. The quantitative estimate of drug-likeness (QED) is 0.903. The molecule has 3 rings (SSSR count). The van der Waals surface area contributed by atoms with Gasteiger partial charge in [-0.3, -0.25) is 0 Å². The molecule has 1 aliphatic rings. The maximum atomic E-state index is 10.4. The molecule has 0 aromatic carbocycles. The summed E-state index contributed by atoms with van der Waals surface area (Å²) >= 11 is 1.82. The first-order chi connectivity index (χ1) is 8.34. The minimum absolute atomic E-state index is 0.291. The van der Waals surface area contributed by atoms with E-state index in [1.165, 1.54) is 23.3 Å². The van der Waals surface area contributed by atoms with E-state index in [2.05, 4.69) is 11.4 Å². The predicted molar refractivity (Wildman–Crippen MR) is 68.4 cm³/mol. The zero-order chi connectivity index (χ0) is 11.7. The SMILES string of the molecule is OC(Cc1ccoc1)C1CCCc2sccc21. The Labute approximate surface area is 105 Å². The fraction of sp³-hybridized carbons (Fsp3) is 0.429. The van der Waals surface area contributed by atoms with E-state index >= 15 is 0 Å². The summed E-state index contributed by atoms with van der Waals surface area (Å²) in [5.74, 6) is 0.305. The molecule has 0 fully saturated rings. The molecule has 0 spiro atoms. The Balaban J connectivity index is 1.77. The molecule has 2 aromatic rings. The van der Waals surface area contributed by atoms with Gasteiger partial charge in [0, 0.05) is 17.2 Å². The van der Waals surface area contributed by atoms with Crippen molar-refractivity contribution in [2.24, 2.45) is 0 Å². The molecule has 2 aromatic heterocycles. The molecule has 0 amide bonds. The second-order valence-electron chi connectivity index (χ2n) is 4.70. The van der Waals surface area contributed by atoms with Crippen LogP contribution in [0.1, 0.15) is 34.8 Å². The van der Waals surface area contributed by atoms with E-state index in [4.69, 9.17) is 4.42 Å². The van der Waals surface area contributed by atoms with Crippen molar-refractivity contribution in [1.82, 2.24) is 0 Å². The van der Waals surface area contributed by atoms with Gasteiger partial charge in [-0.2, -0.15) is 0 Å². The van der Waals surface area contributed by atoms with Crippen LogP contribution in [-0.4, -0.2) is 11.2 Å². The van der Waals surface area contributed by atoms with Crippen LogP contribution < -0.4 is 0 Å². The molecule has 2 nitrogen and oxygen atoms in total. The molecule has 3 heteroatoms. The van der Waals surface area contributed by atoms with Gasteiger partial charge in [0.1, 0.15) is 0 Å². The van der Waals surface area contributed by atoms with Gasteiger partial charge in [0.2, 0.25) is 0 Å². The highest BCUT2D eigenvalue weighted by atomic mass is 32.1. The summed E-state index contributed by atoms with van der Waals surface area (Å²) in [4.78, 5) is 1.47. The number of fused-ring (bicyclic) bond motifs is 1. The summed E-state index contributed by atoms with van der Waals surface area (Å²) in [5, 5.41) is 12.5. The number of thiophene rings is 1. The first-order valence-electron chi connectivity index (χ1n) is 6.10. The second-order valence-corrected chi connectivity index (χ2v) is 5.70. The standard InChI is InChI=1S/C14H16O2S/c15-13(8-10-4-6-16-9-10)11-2-1-3-14-12(11)5-7-17-14/h4-7,9,11,13,15H,1-3,8H2. The molecule has 1 N–H and O–H groups in total. The first kappa shape index (κ1) is 11.1. The highest BCUT2D eigenvalue weighted by Gasteiger charge is 2.27. The smallest absolute Gasteiger partial charge is 0.0935 e. The Kier molecular flexibility index (Phi) is 3.04. The minimum Gasteiger partial charge on any atom is -0.472 e. The normalized spacial score (nSPS) is 21.1. The van der Waals surface area contributed by atoms with Crippen LogP contribution in [0.4, 0.5) is 0 Å². The van der Waals surface area contributed by atoms with Gasteiger partial charge in [-0.1, -0.05) is 0 Å². The molecule has 0 aliphatic heterocycles. The third kappa shape index (κ3) is 2.17. The summed E-state index contributed by atoms with van der Waals surface area (Å²) in [7, 11) is 0. The number of hydrogen-bond acceptors (Lipinski definition) is 3. The molecule has 90 valence electrons. The van der Waals surface area contributed by atoms with Crippen molar-refractivity contribution in [3.05, 3.63) is 46.0 Å². The van der Waals surface area contributed by atoms with Crippen molar-refractivity contribution in [3.63, 3.8) is 0 Å². The van der Waals surface area contributed by atoms with E-state index in [0.717, 1.165) is 12.0 Å². The molecule has 0 saturated carbocycles. The molecule has 0 radical (unpaired) electrons. The molecule has 1 aliphatic carbocycles. The molecule has 17 heavy (non-hydrogen) atoms. The van der Waals surface area contributed by atoms with Crippen LogP contribution >= 0.6 is 11.3 Å². The van der Waals surface area contributed by atoms with Gasteiger partial charge in [-0.05, 0) is 47.9 Å². The second kappa shape index (κ2) is 4.67. The fourth-order valence-corrected chi connectivity index (χ4v) is 3.71. The topological polar surface area (TPSA) is 33.4 Å². The largest absolute Gasteiger partial charge is 0.472 e. The van der Waals surface area contributed by atoms with Crippen molar-refractivity contribution >= 4 is 11.3 Å². The van der Waals surface area contributed by atoms with E-state index in [1.807, 2.05) is 17.4 Å². The van der Waals surface area contributed by atoms with Crippen molar-refractivity contribution in [2.45, 2.75) is 37.7 Å². The zero-order valence-electron chi connectivity index (χ0n) is 9.63. The highest BCUT2D eigenvalue weighted by molar-refractivity contribution is 7.10. The molecular formula is C14H16O2S. The molecule has 0 saturated heterocycles. The van der Waals surface area contributed by atoms with Crippen LogP contribution in [-0.2, 0) is 12.8 Å². The molecular weight excluding hydrogens is 232 g/mol. The predicted octanol–water partition coefficient (Wildman–Crippen LogP) is 3.36. The highest BCUT2D eigenvalue weighted by Crippen LogP contribution is 2.37. The van der Waals surface area contributed by atoms with Crippen LogP contribution in [0, 0.1) is 0 Å². The van der Waals surface area contributed by atoms with Crippen LogP contribution in [0.5, 0.6) is 0 Å². The minimum atomic E-state index is -0.291. The summed E-state index contributed by atoms with van der Waals surface area (Å²) in [6.07, 6.45) is 7.27. The Morgan fingerprint density at radius 3 is 3.24 bits per heavy atom. The number of furan rings is 1. The van der Waals surface area contributed by atoms with Crippen LogP contribution in [0.25, 0.3) is 0 Å². The van der Waals surface area contributed by atoms with E-state index in [1.54, 1.807) is 12.5 Å². The number of aliphatic hydroxyl groups excluding tert-OH is 1. The van der Waals surface area contributed by atoms with Gasteiger partial charge in [-0.15, -0.1) is 11.3 Å². The monoisotopic (exact) mass is 248 g/mol. The molecule has 2 unspecified atom stereocenters. The van der Waals surface area contributed by atoms with Crippen LogP contribution in [0.2, 0.25) is 0 Å². The van der Waals surface area contributed by atoms with E-state index < -0.39 is 0 Å². The summed E-state index contributed by atoms with van der Waals surface area (Å²) in [5.41, 5.74) is 2.46. The van der Waals surface area contributed by atoms with Gasteiger partial charge < -0.3 is 9.52 Å². The average molecular weight is 248 g/mol. The van der Waals surface area contributed by atoms with Gasteiger partial charge in [0.25, 0.3) is 0 Å². The first-order valence-corrected chi connectivity index (χ1v) is 6.98. The average Bonchev–Trinajstić information content (AvgIpc) is 2.97. The van der Waals surface area contributed by atoms with Gasteiger partial charge in [0.05, 0.1) is 18.6 Å². The summed E-state index contributed by atoms with van der Waals surface area (Å²) in [6, 6.07) is 4.11. The number of aryl methyl sites for hydroxylation is 1. The van der Waals surface area contributed by atoms with E-state index in [0.29, 0.717) is 12.3 Å². The maximum Gasteiger partial charge on any atom is 0.0935 e. The molecule has 2 atom stereocenters. The number of hydrogen-bond donors (Lipinski definition) is 1. The lowest BCUT2D eigenvalue weighted by Crippen LogP contribution is -2.23. The summed E-state index contributed by atoms with van der Waals surface area (Å²) < 4.78 is 5.05. The number of rotatable bonds is 3. The van der Waals surface area contributed by atoms with Crippen LogP contribution in [0.15, 0.2) is 34.5 Å². The molecule has 2 heterocycles. The Hall–Kier alpha value is -1.06. The number of aliphatic hydroxyl groups is 1. The Morgan fingerprint density at radius 1 is 1.47 bits per heavy atom. The van der Waals surface area contributed by atoms with E-state index in [9.17, 15) is 5.11 Å². The van der Waals surface area contributed by atoms with Crippen molar-refractivity contribution < 1.29 is 9.52 Å². The third-order valence-corrected chi connectivity index (χ3v) is 4.58. The third-order valence-electron chi connectivity index (χ3n) is 3.59. The zero-order valence-corrected chi connectivity index (χ0v) is 10.5. The van der Waals surface area contributed by atoms with Crippen molar-refractivity contribution in [1.29, 1.82) is 0 Å². The van der Waals surface area contributed by atoms with Crippen LogP contribution in [0.3, 0.4) is 0 Å². The van der Waals surface area contributed by atoms with Crippen molar-refractivity contribution in [2.75, 3.05) is 0 Å². The Bertz CT molecular complexity index is 472. The van der Waals surface area contributed by atoms with Gasteiger partial charge >= 0.3 is 0 Å². The van der Waals surface area contributed by atoms with E-state index in [-0.39, 0.29) is 6.10 Å². The van der Waals surface area contributed by atoms with Gasteiger partial charge in [0.15, 0.2) is 0 Å². The fourth-order valence-electron chi connectivity index (χ4n) is 2.71. The lowest BCUT2D eigenvalue weighted by Gasteiger charge is -2.27. The Morgan fingerprint density at radius 2 is 2.41 bits per heavy atom. The summed E-state index contributed by atoms with van der Waals surface area (Å²) in [6.45, 7) is 0. The van der Waals surface area contributed by atoms with Crippen molar-refractivity contribution in [3.8, 4) is 0 Å². The maximum absolute atomic E-state index is 10.4. The lowest BCUT2D eigenvalue weighted by molar-refractivity contribution is 0.135.